The summed E-state index contributed by atoms with van der Waals surface area (Å²) in [6.45, 7) is 5.20. The highest BCUT2D eigenvalue weighted by Gasteiger charge is 2.29. The Morgan fingerprint density at radius 1 is 1.71 bits per heavy atom. The van der Waals surface area contributed by atoms with E-state index in [9.17, 15) is 4.79 Å². The van der Waals surface area contributed by atoms with E-state index in [4.69, 9.17) is 0 Å². The van der Waals surface area contributed by atoms with Gasteiger partial charge in [-0.15, -0.1) is 0 Å². The van der Waals surface area contributed by atoms with Crippen LogP contribution in [0.4, 0.5) is 0 Å². The van der Waals surface area contributed by atoms with Crippen LogP contribution in [0.1, 0.15) is 20.3 Å². The van der Waals surface area contributed by atoms with Crippen LogP contribution in [0.3, 0.4) is 0 Å². The molecule has 0 aromatic heterocycles. The molecule has 1 N–H and O–H groups in total. The number of hydrogen-bond acceptors (Lipinski definition) is 3. The zero-order valence-corrected chi connectivity index (χ0v) is 10.1. The first kappa shape index (κ1) is 11.9. The van der Waals surface area contributed by atoms with E-state index in [1.807, 2.05) is 18.8 Å². The molecule has 0 aromatic carbocycles. The van der Waals surface area contributed by atoms with Gasteiger partial charge in [-0.25, -0.2) is 0 Å². The van der Waals surface area contributed by atoms with E-state index < -0.39 is 0 Å². The van der Waals surface area contributed by atoms with Crippen molar-refractivity contribution in [3.05, 3.63) is 0 Å². The van der Waals surface area contributed by atoms with Crippen LogP contribution in [0.5, 0.6) is 0 Å². The number of hydrogen-bond donors (Lipinski definition) is 1. The number of carbonyl (C=O) groups is 1. The van der Waals surface area contributed by atoms with Crippen molar-refractivity contribution in [2.24, 2.45) is 0 Å². The Labute approximate surface area is 90.6 Å². The SMILES string of the molecule is CCSCC(C)NC1CCN(C)C1=O. The second-order valence-electron chi connectivity index (χ2n) is 3.83. The molecule has 2 atom stereocenters. The van der Waals surface area contributed by atoms with Crippen molar-refractivity contribution >= 4 is 17.7 Å². The van der Waals surface area contributed by atoms with Gasteiger partial charge in [-0.05, 0) is 19.1 Å². The second-order valence-corrected chi connectivity index (χ2v) is 5.15. The molecule has 4 heteroatoms. The molecule has 1 rings (SSSR count). The molecule has 1 aliphatic rings. The van der Waals surface area contributed by atoms with Gasteiger partial charge in [0.15, 0.2) is 0 Å². The van der Waals surface area contributed by atoms with Crippen molar-refractivity contribution in [1.29, 1.82) is 0 Å². The predicted molar refractivity (Wildman–Crippen MR) is 61.6 cm³/mol. The number of nitrogens with one attached hydrogen (secondary N) is 1. The predicted octanol–water partition coefficient (Wildman–Crippen LogP) is 0.948. The van der Waals surface area contributed by atoms with Gasteiger partial charge in [0.2, 0.25) is 5.91 Å². The zero-order valence-electron chi connectivity index (χ0n) is 9.25. The van der Waals surface area contributed by atoms with Gasteiger partial charge >= 0.3 is 0 Å². The lowest BCUT2D eigenvalue weighted by Gasteiger charge is -2.17. The van der Waals surface area contributed by atoms with Crippen molar-refractivity contribution in [1.82, 2.24) is 10.2 Å². The molecule has 0 aliphatic carbocycles. The minimum Gasteiger partial charge on any atom is -0.344 e. The first-order valence-electron chi connectivity index (χ1n) is 5.24. The quantitative estimate of drug-likeness (QED) is 0.742. The Balaban J connectivity index is 2.26. The summed E-state index contributed by atoms with van der Waals surface area (Å²) in [6.07, 6.45) is 0.955. The monoisotopic (exact) mass is 216 g/mol. The topological polar surface area (TPSA) is 32.3 Å². The molecule has 82 valence electrons. The molecule has 14 heavy (non-hydrogen) atoms. The van der Waals surface area contributed by atoms with Crippen LogP contribution in [0.15, 0.2) is 0 Å². The van der Waals surface area contributed by atoms with Gasteiger partial charge in [0.1, 0.15) is 0 Å². The Bertz CT molecular complexity index is 199. The molecule has 2 unspecified atom stereocenters. The molecular weight excluding hydrogens is 196 g/mol. The number of nitrogens with zero attached hydrogens (tertiary/aromatic N) is 1. The third kappa shape index (κ3) is 3.17. The Hall–Kier alpha value is -0.220. The smallest absolute Gasteiger partial charge is 0.239 e. The van der Waals surface area contributed by atoms with Crippen molar-refractivity contribution in [2.75, 3.05) is 25.1 Å². The zero-order chi connectivity index (χ0) is 10.6. The van der Waals surface area contributed by atoms with Crippen molar-refractivity contribution in [2.45, 2.75) is 32.4 Å². The molecule has 0 aromatic rings. The summed E-state index contributed by atoms with van der Waals surface area (Å²) in [5.41, 5.74) is 0. The lowest BCUT2D eigenvalue weighted by atomic mass is 10.2. The largest absolute Gasteiger partial charge is 0.344 e. The summed E-state index contributed by atoms with van der Waals surface area (Å²) in [4.78, 5) is 13.4. The fourth-order valence-corrected chi connectivity index (χ4v) is 2.35. The van der Waals surface area contributed by atoms with Gasteiger partial charge in [-0.2, -0.15) is 11.8 Å². The number of likely N-dealkylation sites (tertiary alicyclic amines) is 1. The summed E-state index contributed by atoms with van der Waals surface area (Å²) >= 11 is 1.91. The molecule has 1 fully saturated rings. The Morgan fingerprint density at radius 3 is 2.93 bits per heavy atom. The van der Waals surface area contributed by atoms with Crippen molar-refractivity contribution < 1.29 is 4.79 Å². The average Bonchev–Trinajstić information content (AvgIpc) is 2.46. The first-order valence-corrected chi connectivity index (χ1v) is 6.39. The van der Waals surface area contributed by atoms with Crippen LogP contribution in [-0.2, 0) is 4.79 Å². The van der Waals surface area contributed by atoms with Crippen LogP contribution in [0, 0.1) is 0 Å². The standard InChI is InChI=1S/C10H20N2OS/c1-4-14-7-8(2)11-9-5-6-12(3)10(9)13/h8-9,11H,4-7H2,1-3H3. The fraction of sp³-hybridized carbons (Fsp3) is 0.900. The highest BCUT2D eigenvalue weighted by molar-refractivity contribution is 7.99. The van der Waals surface area contributed by atoms with Crippen LogP contribution >= 0.6 is 11.8 Å². The highest BCUT2D eigenvalue weighted by Crippen LogP contribution is 2.10. The number of likely N-dealkylation sites (N-methyl/N-ethyl adjacent to an activating group) is 1. The highest BCUT2D eigenvalue weighted by atomic mass is 32.2. The summed E-state index contributed by atoms with van der Waals surface area (Å²) in [6, 6.07) is 0.493. The molecule has 0 radical (unpaired) electrons. The lowest BCUT2D eigenvalue weighted by molar-refractivity contribution is -0.128. The Kier molecular flexibility index (Phi) is 4.75. The lowest BCUT2D eigenvalue weighted by Crippen LogP contribution is -2.42. The summed E-state index contributed by atoms with van der Waals surface area (Å²) < 4.78 is 0. The van der Waals surface area contributed by atoms with Crippen molar-refractivity contribution in [3.8, 4) is 0 Å². The van der Waals surface area contributed by atoms with Gasteiger partial charge in [0.25, 0.3) is 0 Å². The fourth-order valence-electron chi connectivity index (χ4n) is 1.66. The van der Waals surface area contributed by atoms with E-state index in [2.05, 4.69) is 19.2 Å². The van der Waals surface area contributed by atoms with E-state index in [1.165, 1.54) is 0 Å². The molecule has 0 spiro atoms. The molecule has 1 saturated heterocycles. The molecule has 0 saturated carbocycles. The van der Waals surface area contributed by atoms with Gasteiger partial charge < -0.3 is 10.2 Å². The Morgan fingerprint density at radius 2 is 2.43 bits per heavy atom. The van der Waals surface area contributed by atoms with E-state index in [-0.39, 0.29) is 11.9 Å². The number of carbonyl (C=O) groups excluding carboxylic acids is 1. The first-order chi connectivity index (χ1) is 6.65. The average molecular weight is 216 g/mol. The maximum absolute atomic E-state index is 11.6. The van der Waals surface area contributed by atoms with Crippen LogP contribution in [-0.4, -0.2) is 48.0 Å². The minimum absolute atomic E-state index is 0.0625. The van der Waals surface area contributed by atoms with E-state index >= 15 is 0 Å². The van der Waals surface area contributed by atoms with E-state index in [1.54, 1.807) is 4.90 Å². The molecule has 1 amide bonds. The third-order valence-corrected chi connectivity index (χ3v) is 3.63. The summed E-state index contributed by atoms with van der Waals surface area (Å²) in [7, 11) is 1.87. The molecule has 1 heterocycles. The van der Waals surface area contributed by atoms with Gasteiger partial charge in [0, 0.05) is 25.4 Å². The van der Waals surface area contributed by atoms with Gasteiger partial charge in [0.05, 0.1) is 6.04 Å². The van der Waals surface area contributed by atoms with E-state index in [0.29, 0.717) is 6.04 Å². The molecule has 1 aliphatic heterocycles. The van der Waals surface area contributed by atoms with Crippen molar-refractivity contribution in [3.63, 3.8) is 0 Å². The van der Waals surface area contributed by atoms with E-state index in [0.717, 1.165) is 24.5 Å². The maximum Gasteiger partial charge on any atom is 0.239 e. The van der Waals surface area contributed by atoms with Crippen LogP contribution in [0.25, 0.3) is 0 Å². The molecule has 0 bridgehead atoms. The van der Waals surface area contributed by atoms with Crippen LogP contribution < -0.4 is 5.32 Å². The summed E-state index contributed by atoms with van der Waals surface area (Å²) in [5, 5.41) is 3.38. The molecular formula is C10H20N2OS. The summed E-state index contributed by atoms with van der Waals surface area (Å²) in [5.74, 6) is 2.48. The van der Waals surface area contributed by atoms with Gasteiger partial charge in [-0.1, -0.05) is 6.92 Å². The normalized spacial score (nSPS) is 24.4. The number of rotatable bonds is 5. The number of amides is 1. The minimum atomic E-state index is 0.0625. The second kappa shape index (κ2) is 5.61. The maximum atomic E-state index is 11.6. The van der Waals surface area contributed by atoms with Gasteiger partial charge in [-0.3, -0.25) is 4.79 Å². The van der Waals surface area contributed by atoms with Crippen LogP contribution in [0.2, 0.25) is 0 Å². The number of thioether (sulfide) groups is 1. The third-order valence-electron chi connectivity index (χ3n) is 2.49. The molecule has 3 nitrogen and oxygen atoms in total.